The van der Waals surface area contributed by atoms with Crippen LogP contribution in [0.1, 0.15) is 32.8 Å². The number of amides is 1. The summed E-state index contributed by atoms with van der Waals surface area (Å²) in [6, 6.07) is 16.9. The fourth-order valence-corrected chi connectivity index (χ4v) is 3.96. The highest BCUT2D eigenvalue weighted by Gasteiger charge is 2.25. The van der Waals surface area contributed by atoms with Gasteiger partial charge in [0.05, 0.1) is 11.9 Å². The van der Waals surface area contributed by atoms with Crippen molar-refractivity contribution in [1.29, 1.82) is 0 Å². The highest BCUT2D eigenvalue weighted by atomic mass is 16.6. The molecule has 3 aromatic rings. The fraction of sp³-hybridized carbons (Fsp3) is 0.370. The number of carbonyl (C=O) groups is 1. The van der Waals surface area contributed by atoms with Crippen molar-refractivity contribution < 1.29 is 14.3 Å². The summed E-state index contributed by atoms with van der Waals surface area (Å²) < 4.78 is 12.6. The number of hydrogen-bond donors (Lipinski definition) is 1. The summed E-state index contributed by atoms with van der Waals surface area (Å²) >= 11 is 0. The summed E-state index contributed by atoms with van der Waals surface area (Å²) in [5.41, 5.74) is 1.05. The lowest BCUT2D eigenvalue weighted by molar-refractivity contribution is 0.0520. The Morgan fingerprint density at radius 3 is 2.63 bits per heavy atom. The van der Waals surface area contributed by atoms with Gasteiger partial charge in [-0.05, 0) is 56.9 Å². The van der Waals surface area contributed by atoms with Crippen molar-refractivity contribution in [2.75, 3.05) is 24.5 Å². The molecule has 1 N–H and O–H groups in total. The number of benzene rings is 1. The van der Waals surface area contributed by atoms with E-state index in [4.69, 9.17) is 9.47 Å². The molecule has 2 aromatic heterocycles. The molecule has 1 atom stereocenters. The van der Waals surface area contributed by atoms with Crippen LogP contribution in [0.15, 0.2) is 71.8 Å². The fourth-order valence-electron chi connectivity index (χ4n) is 3.96. The number of rotatable bonds is 7. The second-order valence-corrected chi connectivity index (χ2v) is 9.70. The molecule has 0 bridgehead atoms. The third-order valence-electron chi connectivity index (χ3n) is 5.69. The Bertz CT molecular complexity index is 1190. The molecule has 1 aliphatic heterocycles. The number of hydrogen-bond acceptors (Lipinski definition) is 6. The Morgan fingerprint density at radius 2 is 1.94 bits per heavy atom. The van der Waals surface area contributed by atoms with E-state index in [9.17, 15) is 9.59 Å². The van der Waals surface area contributed by atoms with E-state index < -0.39 is 5.60 Å². The van der Waals surface area contributed by atoms with Gasteiger partial charge in [-0.1, -0.05) is 30.3 Å². The van der Waals surface area contributed by atoms with Crippen LogP contribution in [-0.2, 0) is 11.3 Å². The third kappa shape index (κ3) is 6.85. The molecule has 1 fully saturated rings. The van der Waals surface area contributed by atoms with Crippen LogP contribution in [0.5, 0.6) is 5.75 Å². The van der Waals surface area contributed by atoms with Crippen molar-refractivity contribution in [2.45, 2.75) is 39.4 Å². The molecular formula is C27H32N4O4. The average Bonchev–Trinajstić information content (AvgIpc) is 3.30. The smallest absolute Gasteiger partial charge is 0.407 e. The molecule has 8 nitrogen and oxygen atoms in total. The van der Waals surface area contributed by atoms with Crippen LogP contribution in [0.4, 0.5) is 10.6 Å². The van der Waals surface area contributed by atoms with E-state index in [1.807, 2.05) is 63.2 Å². The standard InChI is InChI=1S/C27H32N4O4/c1-27(2,3)35-26(33)29-16-21-11-13-30(18-21)24-10-9-22(17-28-24)31-14-12-23(15-25(31)32)34-19-20-7-5-4-6-8-20/h4-10,12,14-15,17,21H,11,13,16,18-19H2,1-3H3,(H,29,33)/t21-/m0/s1. The van der Waals surface area contributed by atoms with Gasteiger partial charge in [-0.3, -0.25) is 9.36 Å². The lowest BCUT2D eigenvalue weighted by Gasteiger charge is -2.21. The predicted octanol–water partition coefficient (Wildman–Crippen LogP) is 4.16. The molecule has 35 heavy (non-hydrogen) atoms. The average molecular weight is 477 g/mol. The summed E-state index contributed by atoms with van der Waals surface area (Å²) in [7, 11) is 0. The molecule has 3 heterocycles. The van der Waals surface area contributed by atoms with Crippen LogP contribution in [0, 0.1) is 5.92 Å². The van der Waals surface area contributed by atoms with Crippen LogP contribution in [-0.4, -0.2) is 40.9 Å². The van der Waals surface area contributed by atoms with E-state index in [1.165, 1.54) is 6.07 Å². The molecule has 8 heteroatoms. The molecule has 0 unspecified atom stereocenters. The Labute approximate surface area is 205 Å². The minimum absolute atomic E-state index is 0.181. The van der Waals surface area contributed by atoms with Gasteiger partial charge in [0, 0.05) is 31.9 Å². The SMILES string of the molecule is CC(C)(C)OC(=O)NC[C@@H]1CCN(c2ccc(-n3ccc(OCc4ccccc4)cc3=O)cn2)C1. The van der Waals surface area contributed by atoms with Gasteiger partial charge in [0.15, 0.2) is 0 Å². The van der Waals surface area contributed by atoms with Crippen molar-refractivity contribution in [3.8, 4) is 11.4 Å². The normalized spacial score (nSPS) is 15.6. The molecule has 0 aliphatic carbocycles. The van der Waals surface area contributed by atoms with Gasteiger partial charge in [0.25, 0.3) is 5.56 Å². The van der Waals surface area contributed by atoms with Crippen molar-refractivity contribution >= 4 is 11.9 Å². The van der Waals surface area contributed by atoms with Crippen molar-refractivity contribution in [2.24, 2.45) is 5.92 Å². The minimum atomic E-state index is -0.505. The summed E-state index contributed by atoms with van der Waals surface area (Å²) in [6.07, 6.45) is 3.98. The Morgan fingerprint density at radius 1 is 1.14 bits per heavy atom. The summed E-state index contributed by atoms with van der Waals surface area (Å²) in [5.74, 6) is 1.71. The Kier molecular flexibility index (Phi) is 7.39. The van der Waals surface area contributed by atoms with E-state index in [0.29, 0.717) is 30.5 Å². The Hall–Kier alpha value is -3.81. The van der Waals surface area contributed by atoms with Gasteiger partial charge >= 0.3 is 6.09 Å². The summed E-state index contributed by atoms with van der Waals surface area (Å²) in [5, 5.41) is 2.86. The summed E-state index contributed by atoms with van der Waals surface area (Å²) in [6.45, 7) is 8.18. The molecule has 1 amide bonds. The molecule has 1 aliphatic rings. The molecule has 4 rings (SSSR count). The maximum Gasteiger partial charge on any atom is 0.407 e. The second kappa shape index (κ2) is 10.6. The first-order chi connectivity index (χ1) is 16.8. The maximum absolute atomic E-state index is 12.6. The lowest BCUT2D eigenvalue weighted by Crippen LogP contribution is -2.36. The Balaban J connectivity index is 1.32. The summed E-state index contributed by atoms with van der Waals surface area (Å²) in [4.78, 5) is 31.3. The zero-order chi connectivity index (χ0) is 24.8. The topological polar surface area (TPSA) is 85.7 Å². The van der Waals surface area contributed by atoms with Crippen LogP contribution >= 0.6 is 0 Å². The van der Waals surface area contributed by atoms with E-state index >= 15 is 0 Å². The molecule has 0 saturated carbocycles. The zero-order valence-corrected chi connectivity index (χ0v) is 20.4. The highest BCUT2D eigenvalue weighted by Crippen LogP contribution is 2.22. The number of alkyl carbamates (subject to hydrolysis) is 1. The molecule has 1 aromatic carbocycles. The van der Waals surface area contributed by atoms with E-state index in [1.54, 1.807) is 23.0 Å². The van der Waals surface area contributed by atoms with Crippen LogP contribution in [0.2, 0.25) is 0 Å². The maximum atomic E-state index is 12.6. The zero-order valence-electron chi connectivity index (χ0n) is 20.4. The van der Waals surface area contributed by atoms with Crippen molar-refractivity contribution in [1.82, 2.24) is 14.9 Å². The number of nitrogens with zero attached hydrogens (tertiary/aromatic N) is 3. The van der Waals surface area contributed by atoms with E-state index in [-0.39, 0.29) is 11.7 Å². The lowest BCUT2D eigenvalue weighted by atomic mass is 10.1. The van der Waals surface area contributed by atoms with E-state index in [2.05, 4.69) is 15.2 Å². The number of anilines is 1. The molecule has 0 spiro atoms. The first-order valence-electron chi connectivity index (χ1n) is 11.8. The van der Waals surface area contributed by atoms with Crippen LogP contribution < -0.4 is 20.5 Å². The monoisotopic (exact) mass is 476 g/mol. The number of aromatic nitrogens is 2. The van der Waals surface area contributed by atoms with Gasteiger partial charge < -0.3 is 19.7 Å². The highest BCUT2D eigenvalue weighted by molar-refractivity contribution is 5.67. The number of pyridine rings is 2. The second-order valence-electron chi connectivity index (χ2n) is 9.70. The van der Waals surface area contributed by atoms with Crippen molar-refractivity contribution in [3.05, 3.63) is 82.9 Å². The third-order valence-corrected chi connectivity index (χ3v) is 5.69. The predicted molar refractivity (Wildman–Crippen MR) is 135 cm³/mol. The molecule has 1 saturated heterocycles. The number of nitrogens with one attached hydrogen (secondary N) is 1. The van der Waals surface area contributed by atoms with Crippen LogP contribution in [0.25, 0.3) is 5.69 Å². The van der Waals surface area contributed by atoms with Gasteiger partial charge in [-0.2, -0.15) is 0 Å². The number of ether oxygens (including phenoxy) is 2. The molecular weight excluding hydrogens is 444 g/mol. The molecule has 184 valence electrons. The first-order valence-corrected chi connectivity index (χ1v) is 11.8. The van der Waals surface area contributed by atoms with Gasteiger partial charge in [-0.25, -0.2) is 9.78 Å². The largest absolute Gasteiger partial charge is 0.489 e. The quantitative estimate of drug-likeness (QED) is 0.551. The van der Waals surface area contributed by atoms with Crippen LogP contribution in [0.3, 0.4) is 0 Å². The number of carbonyl (C=O) groups excluding carboxylic acids is 1. The van der Waals surface area contributed by atoms with E-state index in [0.717, 1.165) is 30.9 Å². The van der Waals surface area contributed by atoms with Gasteiger partial charge in [0.2, 0.25) is 0 Å². The minimum Gasteiger partial charge on any atom is -0.489 e. The molecule has 0 radical (unpaired) electrons. The first kappa shape index (κ1) is 24.3. The van der Waals surface area contributed by atoms with Gasteiger partial charge in [0.1, 0.15) is 23.8 Å². The van der Waals surface area contributed by atoms with Crippen molar-refractivity contribution in [3.63, 3.8) is 0 Å². The van der Waals surface area contributed by atoms with Gasteiger partial charge in [-0.15, -0.1) is 0 Å².